The van der Waals surface area contributed by atoms with Gasteiger partial charge in [0.15, 0.2) is 5.13 Å². The van der Waals surface area contributed by atoms with E-state index in [0.29, 0.717) is 25.8 Å². The van der Waals surface area contributed by atoms with Crippen LogP contribution < -0.4 is 5.32 Å². The molecule has 0 radical (unpaired) electrons. The van der Waals surface area contributed by atoms with Crippen LogP contribution in [0.25, 0.3) is 17.3 Å². The molecule has 0 fully saturated rings. The van der Waals surface area contributed by atoms with Gasteiger partial charge in [-0.3, -0.25) is 10.1 Å². The van der Waals surface area contributed by atoms with Gasteiger partial charge in [-0.15, -0.1) is 11.3 Å². The lowest BCUT2D eigenvalue weighted by Crippen LogP contribution is -2.07. The molecule has 1 aromatic heterocycles. The van der Waals surface area contributed by atoms with Gasteiger partial charge >= 0.3 is 0 Å². The molecule has 1 heterocycles. The first-order valence-electron chi connectivity index (χ1n) is 7.17. The largest absolute Gasteiger partial charge is 0.298 e. The number of hydrogen-bond donors (Lipinski definition) is 1. The van der Waals surface area contributed by atoms with E-state index in [1.54, 1.807) is 36.4 Å². The number of carbonyl (C=O) groups excluding carboxylic acids is 1. The average molecular weight is 410 g/mol. The number of hydrogen-bond acceptors (Lipinski definition) is 3. The van der Waals surface area contributed by atoms with Gasteiger partial charge in [0.05, 0.1) is 5.69 Å². The summed E-state index contributed by atoms with van der Waals surface area (Å²) in [6, 6.07) is 12.4. The van der Waals surface area contributed by atoms with Crippen LogP contribution in [0.4, 0.5) is 5.13 Å². The standard InChI is InChI=1S/C18H11Cl3N2OS/c19-13-5-2-12(3-6-13)16-10-25-18(22-16)23-17(24)8-4-11-1-7-14(20)9-15(11)21/h1-10H,(H,22,23,24)/b8-4+. The third-order valence-electron chi connectivity index (χ3n) is 3.25. The minimum Gasteiger partial charge on any atom is -0.298 e. The van der Waals surface area contributed by atoms with Crippen molar-refractivity contribution in [2.24, 2.45) is 0 Å². The van der Waals surface area contributed by atoms with Gasteiger partial charge in [0, 0.05) is 32.1 Å². The van der Waals surface area contributed by atoms with Gasteiger partial charge in [-0.25, -0.2) is 4.98 Å². The fourth-order valence-corrected chi connectivity index (χ4v) is 3.35. The number of halogens is 3. The highest BCUT2D eigenvalue weighted by molar-refractivity contribution is 7.14. The Morgan fingerprint density at radius 1 is 1.04 bits per heavy atom. The third-order valence-corrected chi connectivity index (χ3v) is 4.82. The Bertz CT molecular complexity index is 936. The maximum Gasteiger partial charge on any atom is 0.250 e. The molecule has 1 N–H and O–H groups in total. The highest BCUT2D eigenvalue weighted by Crippen LogP contribution is 2.26. The molecule has 0 unspecified atom stereocenters. The smallest absolute Gasteiger partial charge is 0.250 e. The zero-order chi connectivity index (χ0) is 17.8. The number of benzene rings is 2. The minimum absolute atomic E-state index is 0.289. The van der Waals surface area contributed by atoms with Crippen LogP contribution in [0.3, 0.4) is 0 Å². The number of nitrogens with one attached hydrogen (secondary N) is 1. The fraction of sp³-hybridized carbons (Fsp3) is 0. The van der Waals surface area contributed by atoms with E-state index in [2.05, 4.69) is 10.3 Å². The second kappa shape index (κ2) is 8.02. The molecule has 1 amide bonds. The molecule has 0 aliphatic rings. The summed E-state index contributed by atoms with van der Waals surface area (Å²) >= 11 is 19.1. The lowest BCUT2D eigenvalue weighted by molar-refractivity contribution is -0.111. The third kappa shape index (κ3) is 4.83. The molecule has 0 saturated carbocycles. The van der Waals surface area contributed by atoms with Gasteiger partial charge < -0.3 is 0 Å². The summed E-state index contributed by atoms with van der Waals surface area (Å²) in [7, 11) is 0. The first-order valence-corrected chi connectivity index (χ1v) is 9.18. The Balaban J connectivity index is 1.67. The monoisotopic (exact) mass is 408 g/mol. The topological polar surface area (TPSA) is 42.0 Å². The summed E-state index contributed by atoms with van der Waals surface area (Å²) < 4.78 is 0. The Morgan fingerprint density at radius 2 is 1.76 bits per heavy atom. The fourth-order valence-electron chi connectivity index (χ4n) is 2.03. The first kappa shape index (κ1) is 18.0. The minimum atomic E-state index is -0.289. The highest BCUT2D eigenvalue weighted by Gasteiger charge is 2.07. The van der Waals surface area contributed by atoms with Crippen LogP contribution >= 0.6 is 46.1 Å². The van der Waals surface area contributed by atoms with E-state index in [-0.39, 0.29) is 5.91 Å². The van der Waals surface area contributed by atoms with E-state index in [0.717, 1.165) is 11.3 Å². The van der Waals surface area contributed by atoms with Crippen molar-refractivity contribution in [3.05, 3.63) is 74.6 Å². The lowest BCUT2D eigenvalue weighted by atomic mass is 10.2. The summed E-state index contributed by atoms with van der Waals surface area (Å²) in [5.41, 5.74) is 2.42. The quantitative estimate of drug-likeness (QED) is 0.505. The first-order chi connectivity index (χ1) is 12.0. The molecule has 0 aliphatic carbocycles. The molecule has 0 saturated heterocycles. The Hall–Kier alpha value is -1.85. The molecule has 0 aliphatic heterocycles. The van der Waals surface area contributed by atoms with Crippen LogP contribution in [0.5, 0.6) is 0 Å². The van der Waals surface area contributed by atoms with Crippen LogP contribution in [0.1, 0.15) is 5.56 Å². The average Bonchev–Trinajstić information content (AvgIpc) is 3.03. The molecule has 126 valence electrons. The van der Waals surface area contributed by atoms with Crippen molar-refractivity contribution in [1.29, 1.82) is 0 Å². The van der Waals surface area contributed by atoms with Crippen LogP contribution in [-0.2, 0) is 4.79 Å². The second-order valence-corrected chi connectivity index (χ2v) is 7.17. The maximum atomic E-state index is 12.0. The Kier molecular flexibility index (Phi) is 5.76. The molecule has 3 rings (SSSR count). The zero-order valence-corrected chi connectivity index (χ0v) is 15.8. The predicted octanol–water partition coefficient (Wildman–Crippen LogP) is 6.42. The zero-order valence-electron chi connectivity index (χ0n) is 12.7. The van der Waals surface area contributed by atoms with Gasteiger partial charge in [-0.2, -0.15) is 0 Å². The summed E-state index contributed by atoms with van der Waals surface area (Å²) in [5, 5.41) is 6.81. The number of rotatable bonds is 4. The normalized spacial score (nSPS) is 11.0. The maximum absolute atomic E-state index is 12.0. The number of thiazole rings is 1. The van der Waals surface area contributed by atoms with Crippen LogP contribution in [-0.4, -0.2) is 10.9 Å². The summed E-state index contributed by atoms with van der Waals surface area (Å²) in [5.74, 6) is -0.289. The molecule has 0 atom stereocenters. The number of carbonyl (C=O) groups is 1. The van der Waals surface area contributed by atoms with E-state index in [9.17, 15) is 4.79 Å². The summed E-state index contributed by atoms with van der Waals surface area (Å²) in [6.45, 7) is 0. The molecule has 0 bridgehead atoms. The van der Waals surface area contributed by atoms with Crippen molar-refractivity contribution in [1.82, 2.24) is 4.98 Å². The summed E-state index contributed by atoms with van der Waals surface area (Å²) in [4.78, 5) is 16.4. The van der Waals surface area contributed by atoms with Gasteiger partial charge in [0.1, 0.15) is 0 Å². The van der Waals surface area contributed by atoms with E-state index < -0.39 is 0 Å². The van der Waals surface area contributed by atoms with Gasteiger partial charge in [-0.05, 0) is 35.9 Å². The van der Waals surface area contributed by atoms with Crippen molar-refractivity contribution in [2.45, 2.75) is 0 Å². The van der Waals surface area contributed by atoms with Gasteiger partial charge in [0.25, 0.3) is 0 Å². The highest BCUT2D eigenvalue weighted by atomic mass is 35.5. The second-order valence-electron chi connectivity index (χ2n) is 5.03. The van der Waals surface area contributed by atoms with Crippen LogP contribution in [0, 0.1) is 0 Å². The van der Waals surface area contributed by atoms with Crippen molar-refractivity contribution in [3.63, 3.8) is 0 Å². The molecule has 25 heavy (non-hydrogen) atoms. The Labute approximate surface area is 163 Å². The van der Waals surface area contributed by atoms with Crippen molar-refractivity contribution >= 4 is 63.3 Å². The molecule has 7 heteroatoms. The molecular weight excluding hydrogens is 399 g/mol. The molecule has 2 aromatic carbocycles. The van der Waals surface area contributed by atoms with Crippen molar-refractivity contribution < 1.29 is 4.79 Å². The van der Waals surface area contributed by atoms with E-state index >= 15 is 0 Å². The van der Waals surface area contributed by atoms with E-state index in [4.69, 9.17) is 34.8 Å². The Morgan fingerprint density at radius 3 is 2.48 bits per heavy atom. The lowest BCUT2D eigenvalue weighted by Gasteiger charge is -1.99. The van der Waals surface area contributed by atoms with Gasteiger partial charge in [-0.1, -0.05) is 53.0 Å². The number of anilines is 1. The molecule has 3 nitrogen and oxygen atoms in total. The molecular formula is C18H11Cl3N2OS. The summed E-state index contributed by atoms with van der Waals surface area (Å²) in [6.07, 6.45) is 3.03. The SMILES string of the molecule is O=C(/C=C/c1ccc(Cl)cc1Cl)Nc1nc(-c2ccc(Cl)cc2)cs1. The van der Waals surface area contributed by atoms with E-state index in [1.165, 1.54) is 17.4 Å². The van der Waals surface area contributed by atoms with Crippen molar-refractivity contribution in [2.75, 3.05) is 5.32 Å². The molecule has 0 spiro atoms. The number of amides is 1. The molecule has 3 aromatic rings. The number of nitrogens with zero attached hydrogens (tertiary/aromatic N) is 1. The van der Waals surface area contributed by atoms with E-state index in [1.807, 2.05) is 17.5 Å². The number of aromatic nitrogens is 1. The van der Waals surface area contributed by atoms with Crippen molar-refractivity contribution in [3.8, 4) is 11.3 Å². The van der Waals surface area contributed by atoms with Gasteiger partial charge in [0.2, 0.25) is 5.91 Å². The van der Waals surface area contributed by atoms with Crippen LogP contribution in [0.15, 0.2) is 53.9 Å². The predicted molar refractivity (Wildman–Crippen MR) is 107 cm³/mol. The van der Waals surface area contributed by atoms with Crippen LogP contribution in [0.2, 0.25) is 15.1 Å².